The summed E-state index contributed by atoms with van der Waals surface area (Å²) in [6.07, 6.45) is 5.75. The molecule has 0 spiro atoms. The van der Waals surface area contributed by atoms with Crippen molar-refractivity contribution in [2.75, 3.05) is 0 Å². The molecule has 0 saturated carbocycles. The molecule has 0 aliphatic heterocycles. The highest BCUT2D eigenvalue weighted by Crippen LogP contribution is 2.04. The first-order valence-corrected chi connectivity index (χ1v) is 3.47. The second kappa shape index (κ2) is 2.73. The van der Waals surface area contributed by atoms with Gasteiger partial charge < -0.3 is 0 Å². The van der Waals surface area contributed by atoms with E-state index in [2.05, 4.69) is 10.1 Å². The topological polar surface area (TPSA) is 30.7 Å². The fraction of sp³-hybridized carbons (Fsp3) is 0. The molecule has 0 fully saturated rings. The first kappa shape index (κ1) is 6.97. The van der Waals surface area contributed by atoms with E-state index in [1.807, 2.05) is 0 Å². The number of hydrogen-bond donors (Lipinski definition) is 0. The van der Waals surface area contributed by atoms with Crippen LogP contribution in [0.15, 0.2) is 36.9 Å². The van der Waals surface area contributed by atoms with Gasteiger partial charge in [0.15, 0.2) is 5.82 Å². The zero-order valence-corrected chi connectivity index (χ0v) is 6.18. The van der Waals surface area contributed by atoms with Crippen LogP contribution in [0.4, 0.5) is 4.39 Å². The first-order chi connectivity index (χ1) is 5.86. The van der Waals surface area contributed by atoms with Gasteiger partial charge in [-0.3, -0.25) is 4.98 Å². The molecule has 12 heavy (non-hydrogen) atoms. The molecule has 0 amide bonds. The minimum atomic E-state index is -0.341. The van der Waals surface area contributed by atoms with Crippen LogP contribution in [-0.4, -0.2) is 14.8 Å². The summed E-state index contributed by atoms with van der Waals surface area (Å²) in [5, 5.41) is 3.80. The standard InChI is InChI=1S/C8H6FN3/c9-7-5-11-12(6-7)8-1-3-10-4-2-8/h1-6H. The van der Waals surface area contributed by atoms with E-state index in [1.165, 1.54) is 17.1 Å². The van der Waals surface area contributed by atoms with Crippen LogP contribution in [0.3, 0.4) is 0 Å². The van der Waals surface area contributed by atoms with Gasteiger partial charge in [-0.2, -0.15) is 5.10 Å². The normalized spacial score (nSPS) is 10.1. The summed E-state index contributed by atoms with van der Waals surface area (Å²) in [5.74, 6) is -0.341. The monoisotopic (exact) mass is 163 g/mol. The smallest absolute Gasteiger partial charge is 0.161 e. The molecule has 2 heterocycles. The van der Waals surface area contributed by atoms with Gasteiger partial charge in [0.25, 0.3) is 0 Å². The largest absolute Gasteiger partial charge is 0.265 e. The molecule has 0 atom stereocenters. The molecule has 0 aliphatic carbocycles. The average Bonchev–Trinajstić information content (AvgIpc) is 2.54. The summed E-state index contributed by atoms with van der Waals surface area (Å²) in [6, 6.07) is 3.51. The Morgan fingerprint density at radius 3 is 2.58 bits per heavy atom. The number of rotatable bonds is 1. The Morgan fingerprint density at radius 2 is 2.00 bits per heavy atom. The molecule has 2 rings (SSSR count). The Bertz CT molecular complexity index is 369. The lowest BCUT2D eigenvalue weighted by atomic mass is 10.4. The van der Waals surface area contributed by atoms with Crippen LogP contribution in [0, 0.1) is 5.82 Å². The minimum absolute atomic E-state index is 0.341. The van der Waals surface area contributed by atoms with Gasteiger partial charge in [0.2, 0.25) is 0 Å². The SMILES string of the molecule is Fc1cnn(-c2ccncc2)c1. The summed E-state index contributed by atoms with van der Waals surface area (Å²) in [6.45, 7) is 0. The van der Waals surface area contributed by atoms with Crippen molar-refractivity contribution < 1.29 is 4.39 Å². The lowest BCUT2D eigenvalue weighted by Crippen LogP contribution is -1.93. The minimum Gasteiger partial charge on any atom is -0.265 e. The van der Waals surface area contributed by atoms with Crippen LogP contribution >= 0.6 is 0 Å². The lowest BCUT2D eigenvalue weighted by Gasteiger charge is -1.97. The van der Waals surface area contributed by atoms with Crippen LogP contribution < -0.4 is 0 Å². The molecule has 60 valence electrons. The van der Waals surface area contributed by atoms with E-state index < -0.39 is 0 Å². The number of aromatic nitrogens is 3. The van der Waals surface area contributed by atoms with Crippen LogP contribution in [-0.2, 0) is 0 Å². The fourth-order valence-corrected chi connectivity index (χ4v) is 0.939. The Hall–Kier alpha value is -1.71. The summed E-state index contributed by atoms with van der Waals surface area (Å²) in [4.78, 5) is 3.84. The van der Waals surface area contributed by atoms with Crippen molar-refractivity contribution in [1.29, 1.82) is 0 Å². The van der Waals surface area contributed by atoms with E-state index in [0.717, 1.165) is 5.69 Å². The molecular weight excluding hydrogens is 157 g/mol. The maximum absolute atomic E-state index is 12.5. The molecule has 4 heteroatoms. The van der Waals surface area contributed by atoms with Crippen molar-refractivity contribution in [3.63, 3.8) is 0 Å². The van der Waals surface area contributed by atoms with Gasteiger partial charge in [-0.05, 0) is 12.1 Å². The van der Waals surface area contributed by atoms with E-state index in [9.17, 15) is 4.39 Å². The van der Waals surface area contributed by atoms with E-state index in [1.54, 1.807) is 24.5 Å². The van der Waals surface area contributed by atoms with Crippen LogP contribution in [0.25, 0.3) is 5.69 Å². The van der Waals surface area contributed by atoms with E-state index in [0.29, 0.717) is 0 Å². The van der Waals surface area contributed by atoms with Crippen LogP contribution in [0.5, 0.6) is 0 Å². The molecule has 0 radical (unpaired) electrons. The predicted octanol–water partition coefficient (Wildman–Crippen LogP) is 1.41. The third-order valence-electron chi connectivity index (χ3n) is 1.48. The number of hydrogen-bond acceptors (Lipinski definition) is 2. The maximum atomic E-state index is 12.5. The molecule has 3 nitrogen and oxygen atoms in total. The van der Waals surface area contributed by atoms with Crippen molar-refractivity contribution in [3.8, 4) is 5.69 Å². The summed E-state index contributed by atoms with van der Waals surface area (Å²) in [7, 11) is 0. The summed E-state index contributed by atoms with van der Waals surface area (Å²) < 4.78 is 14.0. The molecule has 0 saturated heterocycles. The molecule has 0 unspecified atom stereocenters. The predicted molar refractivity (Wildman–Crippen MR) is 41.3 cm³/mol. The number of nitrogens with zero attached hydrogens (tertiary/aromatic N) is 3. The molecule has 0 aliphatic rings. The first-order valence-electron chi connectivity index (χ1n) is 3.47. The van der Waals surface area contributed by atoms with E-state index in [4.69, 9.17) is 0 Å². The molecule has 0 bridgehead atoms. The highest BCUT2D eigenvalue weighted by molar-refractivity contribution is 5.27. The summed E-state index contributed by atoms with van der Waals surface area (Å²) in [5.41, 5.74) is 0.800. The van der Waals surface area contributed by atoms with Crippen LogP contribution in [0.1, 0.15) is 0 Å². The quantitative estimate of drug-likeness (QED) is 0.636. The highest BCUT2D eigenvalue weighted by Gasteiger charge is 1.97. The summed E-state index contributed by atoms with van der Waals surface area (Å²) >= 11 is 0. The fourth-order valence-electron chi connectivity index (χ4n) is 0.939. The maximum Gasteiger partial charge on any atom is 0.161 e. The van der Waals surface area contributed by atoms with Gasteiger partial charge in [-0.15, -0.1) is 0 Å². The van der Waals surface area contributed by atoms with Crippen molar-refractivity contribution >= 4 is 0 Å². The second-order valence-corrected chi connectivity index (χ2v) is 2.31. The highest BCUT2D eigenvalue weighted by atomic mass is 19.1. The second-order valence-electron chi connectivity index (χ2n) is 2.31. The van der Waals surface area contributed by atoms with Gasteiger partial charge in [0, 0.05) is 12.4 Å². The van der Waals surface area contributed by atoms with Crippen molar-refractivity contribution in [2.24, 2.45) is 0 Å². The van der Waals surface area contributed by atoms with Gasteiger partial charge in [-0.1, -0.05) is 0 Å². The average molecular weight is 163 g/mol. The Labute approximate surface area is 68.5 Å². The third kappa shape index (κ3) is 1.18. The van der Waals surface area contributed by atoms with Crippen molar-refractivity contribution in [2.45, 2.75) is 0 Å². The number of pyridine rings is 1. The van der Waals surface area contributed by atoms with E-state index in [-0.39, 0.29) is 5.82 Å². The molecule has 0 aromatic carbocycles. The van der Waals surface area contributed by atoms with Gasteiger partial charge in [0.05, 0.1) is 18.1 Å². The van der Waals surface area contributed by atoms with Crippen molar-refractivity contribution in [3.05, 3.63) is 42.7 Å². The number of halogens is 1. The van der Waals surface area contributed by atoms with Crippen LogP contribution in [0.2, 0.25) is 0 Å². The Kier molecular flexibility index (Phi) is 1.59. The Balaban J connectivity index is 2.45. The third-order valence-corrected chi connectivity index (χ3v) is 1.48. The molecule has 2 aromatic heterocycles. The van der Waals surface area contributed by atoms with Gasteiger partial charge in [0.1, 0.15) is 0 Å². The Morgan fingerprint density at radius 1 is 1.25 bits per heavy atom. The molecule has 0 N–H and O–H groups in total. The molecular formula is C8H6FN3. The zero-order valence-electron chi connectivity index (χ0n) is 6.18. The molecule has 2 aromatic rings. The zero-order chi connectivity index (χ0) is 8.39. The van der Waals surface area contributed by atoms with Crippen molar-refractivity contribution in [1.82, 2.24) is 14.8 Å². The van der Waals surface area contributed by atoms with E-state index >= 15 is 0 Å². The lowest BCUT2D eigenvalue weighted by molar-refractivity contribution is 0.627. The van der Waals surface area contributed by atoms with Gasteiger partial charge >= 0.3 is 0 Å². The van der Waals surface area contributed by atoms with Gasteiger partial charge in [-0.25, -0.2) is 9.07 Å².